The molecule has 0 aliphatic rings. The largest absolute Gasteiger partial charge is 0.872 e. The van der Waals surface area contributed by atoms with E-state index in [9.17, 15) is 9.90 Å². The Hall–Kier alpha value is -1.71. The minimum Gasteiger partial charge on any atom is -0.872 e. The third-order valence-corrected chi connectivity index (χ3v) is 1.53. The van der Waals surface area contributed by atoms with Crippen LogP contribution in [0.15, 0.2) is 12.1 Å². The van der Waals surface area contributed by atoms with Gasteiger partial charge in [-0.15, -0.1) is 0 Å². The van der Waals surface area contributed by atoms with Gasteiger partial charge in [0.05, 0.1) is 5.56 Å². The van der Waals surface area contributed by atoms with Crippen LogP contribution in [0.25, 0.3) is 0 Å². The van der Waals surface area contributed by atoms with Gasteiger partial charge in [-0.25, -0.2) is 4.79 Å². The van der Waals surface area contributed by atoms with E-state index in [-0.39, 0.29) is 5.56 Å². The van der Waals surface area contributed by atoms with Gasteiger partial charge in [-0.1, -0.05) is 11.3 Å². The van der Waals surface area contributed by atoms with E-state index in [0.717, 1.165) is 6.07 Å². The Kier molecular flexibility index (Phi) is 1.91. The van der Waals surface area contributed by atoms with Crippen LogP contribution in [-0.2, 0) is 0 Å². The van der Waals surface area contributed by atoms with Crippen molar-refractivity contribution in [2.24, 2.45) is 0 Å². The maximum Gasteiger partial charge on any atom is 0.335 e. The van der Waals surface area contributed by atoms with Crippen LogP contribution in [0.3, 0.4) is 0 Å². The molecule has 0 bridgehead atoms. The molecule has 0 amide bonds. The number of carbonyl (C=O) groups is 1. The highest BCUT2D eigenvalue weighted by molar-refractivity contribution is 5.92. The van der Waals surface area contributed by atoms with Crippen molar-refractivity contribution in [3.05, 3.63) is 23.3 Å². The van der Waals surface area contributed by atoms with Crippen molar-refractivity contribution in [1.82, 2.24) is 0 Å². The number of carboxylic acids is 1. The van der Waals surface area contributed by atoms with Crippen LogP contribution >= 0.6 is 0 Å². The lowest BCUT2D eigenvalue weighted by Gasteiger charge is -2.14. The molecule has 4 heteroatoms. The van der Waals surface area contributed by atoms with Gasteiger partial charge in [-0.3, -0.25) is 0 Å². The summed E-state index contributed by atoms with van der Waals surface area (Å²) in [7, 11) is 0. The number of nitrogen functional groups attached to an aromatic ring is 1. The lowest BCUT2D eigenvalue weighted by Crippen LogP contribution is -2.06. The molecule has 1 aromatic carbocycles. The van der Waals surface area contributed by atoms with Gasteiger partial charge in [0.2, 0.25) is 0 Å². The number of rotatable bonds is 1. The minimum absolute atomic E-state index is 0.271. The molecule has 0 aliphatic heterocycles. The van der Waals surface area contributed by atoms with Gasteiger partial charge in [0.15, 0.2) is 0 Å². The predicted molar refractivity (Wildman–Crippen MR) is 42.0 cm³/mol. The SMILES string of the molecule is Cc1cc(N)cc(C(=O)O)c1[O-]. The first-order chi connectivity index (χ1) is 5.52. The number of aryl methyl sites for hydroxylation is 1. The second-order valence-electron chi connectivity index (χ2n) is 2.52. The topological polar surface area (TPSA) is 86.4 Å². The first kappa shape index (κ1) is 8.39. The molecule has 0 heterocycles. The number of benzene rings is 1. The molecule has 4 nitrogen and oxygen atoms in total. The van der Waals surface area contributed by atoms with Gasteiger partial charge in [0, 0.05) is 5.69 Å². The van der Waals surface area contributed by atoms with E-state index in [4.69, 9.17) is 10.8 Å². The van der Waals surface area contributed by atoms with Crippen molar-refractivity contribution in [3.8, 4) is 5.75 Å². The summed E-state index contributed by atoms with van der Waals surface area (Å²) >= 11 is 0. The zero-order valence-corrected chi connectivity index (χ0v) is 6.50. The third-order valence-electron chi connectivity index (χ3n) is 1.53. The van der Waals surface area contributed by atoms with E-state index >= 15 is 0 Å². The van der Waals surface area contributed by atoms with Gasteiger partial charge in [0.1, 0.15) is 0 Å². The van der Waals surface area contributed by atoms with Crippen molar-refractivity contribution in [3.63, 3.8) is 0 Å². The molecule has 0 aromatic heterocycles. The molecule has 12 heavy (non-hydrogen) atoms. The van der Waals surface area contributed by atoms with E-state index in [0.29, 0.717) is 11.3 Å². The maximum absolute atomic E-state index is 11.1. The third kappa shape index (κ3) is 1.32. The number of hydrogen-bond acceptors (Lipinski definition) is 3. The number of aromatic carboxylic acids is 1. The highest BCUT2D eigenvalue weighted by Gasteiger charge is 2.05. The zero-order valence-electron chi connectivity index (χ0n) is 6.50. The first-order valence-corrected chi connectivity index (χ1v) is 3.33. The molecule has 0 saturated carbocycles. The van der Waals surface area contributed by atoms with E-state index < -0.39 is 11.7 Å². The van der Waals surface area contributed by atoms with Crippen LogP contribution in [-0.4, -0.2) is 11.1 Å². The molecule has 1 aromatic rings. The fraction of sp³-hybridized carbons (Fsp3) is 0.125. The number of nitrogens with two attached hydrogens (primary N) is 1. The molecular weight excluding hydrogens is 158 g/mol. The molecule has 0 aliphatic carbocycles. The van der Waals surface area contributed by atoms with Crippen LogP contribution < -0.4 is 10.8 Å². The molecule has 0 saturated heterocycles. The maximum atomic E-state index is 11.1. The summed E-state index contributed by atoms with van der Waals surface area (Å²) in [6.45, 7) is 1.53. The summed E-state index contributed by atoms with van der Waals surface area (Å²) < 4.78 is 0. The van der Waals surface area contributed by atoms with E-state index in [1.54, 1.807) is 0 Å². The molecule has 3 N–H and O–H groups in total. The Morgan fingerprint density at radius 3 is 2.67 bits per heavy atom. The fourth-order valence-electron chi connectivity index (χ4n) is 0.961. The molecule has 0 unspecified atom stereocenters. The standard InChI is InChI=1S/C8H9NO3/c1-4-2-5(9)3-6(7(4)10)8(11)12/h2-3,10H,9H2,1H3,(H,11,12)/p-1. The number of carboxylic acid groups (broad SMARTS) is 1. The molecular formula is C8H8NO3-. The Morgan fingerprint density at radius 2 is 2.17 bits per heavy atom. The molecule has 1 rings (SSSR count). The van der Waals surface area contributed by atoms with Crippen molar-refractivity contribution >= 4 is 11.7 Å². The normalized spacial score (nSPS) is 9.75. The Morgan fingerprint density at radius 1 is 1.58 bits per heavy atom. The lowest BCUT2D eigenvalue weighted by atomic mass is 10.1. The number of anilines is 1. The molecule has 0 atom stereocenters. The van der Waals surface area contributed by atoms with E-state index in [2.05, 4.69) is 0 Å². The monoisotopic (exact) mass is 166 g/mol. The van der Waals surface area contributed by atoms with Gasteiger partial charge < -0.3 is 15.9 Å². The van der Waals surface area contributed by atoms with Crippen LogP contribution in [0, 0.1) is 6.92 Å². The van der Waals surface area contributed by atoms with Crippen molar-refractivity contribution < 1.29 is 15.0 Å². The highest BCUT2D eigenvalue weighted by atomic mass is 16.4. The lowest BCUT2D eigenvalue weighted by molar-refractivity contribution is -0.269. The minimum atomic E-state index is -1.24. The molecule has 0 fully saturated rings. The summed E-state index contributed by atoms with van der Waals surface area (Å²) in [6, 6.07) is 2.62. The molecule has 0 radical (unpaired) electrons. The van der Waals surface area contributed by atoms with Crippen LogP contribution in [0.5, 0.6) is 5.75 Å². The molecule has 64 valence electrons. The first-order valence-electron chi connectivity index (χ1n) is 3.33. The quantitative estimate of drug-likeness (QED) is 0.589. The van der Waals surface area contributed by atoms with Gasteiger partial charge in [0.25, 0.3) is 0 Å². The van der Waals surface area contributed by atoms with Crippen LogP contribution in [0.1, 0.15) is 15.9 Å². The van der Waals surface area contributed by atoms with Crippen LogP contribution in [0.2, 0.25) is 0 Å². The Bertz CT molecular complexity index is 333. The van der Waals surface area contributed by atoms with Gasteiger partial charge >= 0.3 is 5.97 Å². The Labute approximate surface area is 69.3 Å². The Balaban J connectivity index is 3.37. The average molecular weight is 166 g/mol. The summed E-state index contributed by atoms with van der Waals surface area (Å²) in [5.74, 6) is -1.72. The van der Waals surface area contributed by atoms with Gasteiger partial charge in [-0.05, 0) is 19.1 Å². The number of hydrogen-bond donors (Lipinski definition) is 2. The summed E-state index contributed by atoms with van der Waals surface area (Å²) in [4.78, 5) is 10.5. The highest BCUT2D eigenvalue weighted by Crippen LogP contribution is 2.22. The second-order valence-corrected chi connectivity index (χ2v) is 2.52. The summed E-state index contributed by atoms with van der Waals surface area (Å²) in [6.07, 6.45) is 0. The van der Waals surface area contributed by atoms with Crippen molar-refractivity contribution in [2.45, 2.75) is 6.92 Å². The molecule has 0 spiro atoms. The fourth-order valence-corrected chi connectivity index (χ4v) is 0.961. The smallest absolute Gasteiger partial charge is 0.335 e. The van der Waals surface area contributed by atoms with E-state index in [1.165, 1.54) is 13.0 Å². The summed E-state index contributed by atoms with van der Waals surface area (Å²) in [5.41, 5.74) is 5.74. The average Bonchev–Trinajstić information content (AvgIpc) is 1.96. The van der Waals surface area contributed by atoms with Crippen LogP contribution in [0.4, 0.5) is 5.69 Å². The van der Waals surface area contributed by atoms with Crippen molar-refractivity contribution in [2.75, 3.05) is 5.73 Å². The summed E-state index contributed by atoms with van der Waals surface area (Å²) in [5, 5.41) is 19.7. The predicted octanol–water partition coefficient (Wildman–Crippen LogP) is 0.349. The zero-order chi connectivity index (χ0) is 9.30. The second kappa shape index (κ2) is 2.73. The van der Waals surface area contributed by atoms with E-state index in [1.807, 2.05) is 0 Å². The van der Waals surface area contributed by atoms with Gasteiger partial charge in [-0.2, -0.15) is 0 Å². The van der Waals surface area contributed by atoms with Crippen molar-refractivity contribution in [1.29, 1.82) is 0 Å².